The maximum atomic E-state index is 12.4. The molecular formula is C15H12ClN3O3S. The topological polar surface area (TPSA) is 83.3 Å². The molecule has 6 nitrogen and oxygen atoms in total. The van der Waals surface area contributed by atoms with E-state index in [4.69, 9.17) is 21.6 Å². The molecule has 0 N–H and O–H groups in total. The van der Waals surface area contributed by atoms with Crippen LogP contribution in [0, 0.1) is 11.3 Å². The number of nitriles is 1. The van der Waals surface area contributed by atoms with Gasteiger partial charge in [0, 0.05) is 11.2 Å². The summed E-state index contributed by atoms with van der Waals surface area (Å²) in [5.74, 6) is 0.222. The number of ether oxygens (including phenoxy) is 1. The third-order valence-corrected chi connectivity index (χ3v) is 5.48. The second kappa shape index (κ2) is 6.16. The first-order valence-corrected chi connectivity index (χ1v) is 8.60. The lowest BCUT2D eigenvalue weighted by Gasteiger charge is -2.37. The summed E-state index contributed by atoms with van der Waals surface area (Å²) in [6.45, 7) is 0.409. The molecule has 0 saturated carbocycles. The molecule has 1 aromatic heterocycles. The zero-order valence-corrected chi connectivity index (χ0v) is 13.5. The molecule has 0 spiro atoms. The molecule has 118 valence electrons. The van der Waals surface area contributed by atoms with Crippen molar-refractivity contribution in [3.05, 3.63) is 53.2 Å². The van der Waals surface area contributed by atoms with E-state index in [1.54, 1.807) is 24.3 Å². The summed E-state index contributed by atoms with van der Waals surface area (Å²) in [6, 6.07) is 11.4. The van der Waals surface area contributed by atoms with Crippen LogP contribution in [0.3, 0.4) is 0 Å². The third-order valence-electron chi connectivity index (χ3n) is 3.42. The maximum absolute atomic E-state index is 12.4. The first kappa shape index (κ1) is 15.7. The molecule has 1 aliphatic heterocycles. The largest absolute Gasteiger partial charge is 0.471 e. The monoisotopic (exact) mass is 349 g/mol. The quantitative estimate of drug-likeness (QED) is 0.843. The van der Waals surface area contributed by atoms with Gasteiger partial charge in [0.05, 0.1) is 18.0 Å². The third kappa shape index (κ3) is 3.15. The lowest BCUT2D eigenvalue weighted by Crippen LogP contribution is -2.56. The van der Waals surface area contributed by atoms with E-state index in [1.165, 1.54) is 22.6 Å². The van der Waals surface area contributed by atoms with Gasteiger partial charge < -0.3 is 4.74 Å². The van der Waals surface area contributed by atoms with E-state index < -0.39 is 10.0 Å². The Balaban J connectivity index is 1.68. The predicted octanol–water partition coefficient (Wildman–Crippen LogP) is 2.06. The normalized spacial score (nSPS) is 15.7. The van der Waals surface area contributed by atoms with Crippen LogP contribution in [0.25, 0.3) is 0 Å². The average Bonchev–Trinajstić information content (AvgIpc) is 2.50. The van der Waals surface area contributed by atoms with Gasteiger partial charge >= 0.3 is 0 Å². The fraction of sp³-hybridized carbons (Fsp3) is 0.200. The summed E-state index contributed by atoms with van der Waals surface area (Å²) in [4.78, 5) is 4.15. The highest BCUT2D eigenvalue weighted by molar-refractivity contribution is 7.89. The molecule has 0 amide bonds. The molecule has 0 bridgehead atoms. The SMILES string of the molecule is N#Cc1cccnc1OC1CN(S(=O)(=O)c2cccc(Cl)c2)C1. The fourth-order valence-corrected chi connectivity index (χ4v) is 3.98. The zero-order valence-electron chi connectivity index (χ0n) is 11.9. The van der Waals surface area contributed by atoms with Crippen molar-refractivity contribution < 1.29 is 13.2 Å². The molecule has 1 fully saturated rings. The molecule has 2 aromatic rings. The molecule has 1 saturated heterocycles. The van der Waals surface area contributed by atoms with Gasteiger partial charge in [0.25, 0.3) is 0 Å². The van der Waals surface area contributed by atoms with Gasteiger partial charge in [-0.1, -0.05) is 17.7 Å². The molecule has 2 heterocycles. The molecule has 23 heavy (non-hydrogen) atoms. The highest BCUT2D eigenvalue weighted by Crippen LogP contribution is 2.26. The highest BCUT2D eigenvalue weighted by atomic mass is 35.5. The van der Waals surface area contributed by atoms with Crippen LogP contribution in [0.4, 0.5) is 0 Å². The van der Waals surface area contributed by atoms with Crippen molar-refractivity contribution in [2.75, 3.05) is 13.1 Å². The molecule has 1 aromatic carbocycles. The van der Waals surface area contributed by atoms with Gasteiger partial charge in [0.2, 0.25) is 15.9 Å². The number of hydrogen-bond acceptors (Lipinski definition) is 5. The molecule has 0 radical (unpaired) electrons. The number of halogens is 1. The number of hydrogen-bond donors (Lipinski definition) is 0. The van der Waals surface area contributed by atoms with Gasteiger partial charge in [0.15, 0.2) is 0 Å². The summed E-state index contributed by atoms with van der Waals surface area (Å²) < 4.78 is 31.8. The van der Waals surface area contributed by atoms with E-state index in [-0.39, 0.29) is 30.0 Å². The van der Waals surface area contributed by atoms with Crippen LogP contribution in [-0.4, -0.2) is 36.9 Å². The molecule has 0 unspecified atom stereocenters. The van der Waals surface area contributed by atoms with Crippen molar-refractivity contribution in [1.29, 1.82) is 5.26 Å². The van der Waals surface area contributed by atoms with Crippen LogP contribution in [0.15, 0.2) is 47.5 Å². The molecule has 0 atom stereocenters. The molecule has 8 heteroatoms. The van der Waals surface area contributed by atoms with Crippen LogP contribution < -0.4 is 4.74 Å². The van der Waals surface area contributed by atoms with E-state index in [9.17, 15) is 8.42 Å². The number of sulfonamides is 1. The van der Waals surface area contributed by atoms with Crippen LogP contribution in [0.5, 0.6) is 5.88 Å². The molecule has 1 aliphatic rings. The van der Waals surface area contributed by atoms with Crippen molar-refractivity contribution in [2.24, 2.45) is 0 Å². The summed E-state index contributed by atoms with van der Waals surface area (Å²) in [6.07, 6.45) is 1.20. The van der Waals surface area contributed by atoms with Gasteiger partial charge in [-0.15, -0.1) is 0 Å². The summed E-state index contributed by atoms with van der Waals surface area (Å²) in [5, 5.41) is 9.36. The van der Waals surface area contributed by atoms with Crippen molar-refractivity contribution >= 4 is 21.6 Å². The van der Waals surface area contributed by atoms with Gasteiger partial charge in [-0.3, -0.25) is 0 Å². The van der Waals surface area contributed by atoms with Gasteiger partial charge in [-0.05, 0) is 30.3 Å². The van der Waals surface area contributed by atoms with Gasteiger partial charge in [-0.25, -0.2) is 13.4 Å². The number of pyridine rings is 1. The second-order valence-electron chi connectivity index (χ2n) is 4.99. The summed E-state index contributed by atoms with van der Waals surface area (Å²) in [5.41, 5.74) is 0.323. The first-order valence-electron chi connectivity index (χ1n) is 6.78. The number of rotatable bonds is 4. The van der Waals surface area contributed by atoms with E-state index in [0.717, 1.165) is 0 Å². The fourth-order valence-electron chi connectivity index (χ4n) is 2.18. The zero-order chi connectivity index (χ0) is 16.4. The van der Waals surface area contributed by atoms with E-state index in [1.807, 2.05) is 6.07 Å². The highest BCUT2D eigenvalue weighted by Gasteiger charge is 2.38. The first-order chi connectivity index (χ1) is 11.0. The lowest BCUT2D eigenvalue weighted by atomic mass is 10.2. The number of nitrogens with zero attached hydrogens (tertiary/aromatic N) is 3. The van der Waals surface area contributed by atoms with Gasteiger partial charge in [0.1, 0.15) is 17.7 Å². The predicted molar refractivity (Wildman–Crippen MR) is 83.6 cm³/mol. The number of aromatic nitrogens is 1. The molecule has 3 rings (SSSR count). The van der Waals surface area contributed by atoms with Crippen LogP contribution in [0.2, 0.25) is 5.02 Å². The van der Waals surface area contributed by atoms with Crippen LogP contribution in [0.1, 0.15) is 5.56 Å². The van der Waals surface area contributed by atoms with Crippen LogP contribution >= 0.6 is 11.6 Å². The van der Waals surface area contributed by atoms with Crippen LogP contribution in [-0.2, 0) is 10.0 Å². The Morgan fingerprint density at radius 2 is 2.09 bits per heavy atom. The average molecular weight is 350 g/mol. The van der Waals surface area contributed by atoms with Gasteiger partial charge in [-0.2, -0.15) is 9.57 Å². The minimum atomic E-state index is -3.58. The standard InChI is InChI=1S/C15H12ClN3O3S/c16-12-4-1-5-14(7-12)23(20,21)19-9-13(10-19)22-15-11(8-17)3-2-6-18-15/h1-7,13H,9-10H2. The molecule has 0 aliphatic carbocycles. The van der Waals surface area contributed by atoms with Crippen molar-refractivity contribution in [1.82, 2.24) is 9.29 Å². The second-order valence-corrected chi connectivity index (χ2v) is 7.36. The van der Waals surface area contributed by atoms with E-state index in [2.05, 4.69) is 4.98 Å². The minimum Gasteiger partial charge on any atom is -0.471 e. The van der Waals surface area contributed by atoms with E-state index >= 15 is 0 Å². The Kier molecular flexibility index (Phi) is 4.22. The minimum absolute atomic E-state index is 0.152. The van der Waals surface area contributed by atoms with Crippen molar-refractivity contribution in [2.45, 2.75) is 11.0 Å². The van der Waals surface area contributed by atoms with Crippen molar-refractivity contribution in [3.8, 4) is 11.9 Å². The Hall–Kier alpha value is -2.14. The Morgan fingerprint density at radius 3 is 2.78 bits per heavy atom. The number of benzene rings is 1. The Bertz CT molecular complexity index is 874. The van der Waals surface area contributed by atoms with Crippen molar-refractivity contribution in [3.63, 3.8) is 0 Å². The lowest BCUT2D eigenvalue weighted by molar-refractivity contribution is 0.0718. The van der Waals surface area contributed by atoms with E-state index in [0.29, 0.717) is 10.6 Å². The summed E-state index contributed by atoms with van der Waals surface area (Å²) in [7, 11) is -3.58. The summed E-state index contributed by atoms with van der Waals surface area (Å²) >= 11 is 5.84. The Labute approximate surface area is 138 Å². The maximum Gasteiger partial charge on any atom is 0.243 e. The molecular weight excluding hydrogens is 338 g/mol. The Morgan fingerprint density at radius 1 is 1.30 bits per heavy atom. The smallest absolute Gasteiger partial charge is 0.243 e.